The molecule has 0 bridgehead atoms. The molecule has 4 aliphatic carbocycles. The fraction of sp³-hybridized carbons (Fsp3) is 0.682. The van der Waals surface area contributed by atoms with Gasteiger partial charge in [-0.2, -0.15) is 0 Å². The van der Waals surface area contributed by atoms with Gasteiger partial charge in [0.05, 0.1) is 0 Å². The minimum absolute atomic E-state index is 0.0230. The van der Waals surface area contributed by atoms with Crippen molar-refractivity contribution < 1.29 is 19.1 Å². The van der Waals surface area contributed by atoms with Crippen molar-refractivity contribution in [2.45, 2.75) is 65.4 Å². The third-order valence-electron chi connectivity index (χ3n) is 7.83. The summed E-state index contributed by atoms with van der Waals surface area (Å²) in [6.45, 7) is 6.12. The maximum absolute atomic E-state index is 12.6. The van der Waals surface area contributed by atoms with Gasteiger partial charge in [0.25, 0.3) is 0 Å². The summed E-state index contributed by atoms with van der Waals surface area (Å²) in [6, 6.07) is 0. The van der Waals surface area contributed by atoms with Crippen molar-refractivity contribution >= 4 is 17.5 Å². The van der Waals surface area contributed by atoms with Gasteiger partial charge in [0.2, 0.25) is 0 Å². The molecular weight excluding hydrogens is 328 g/mol. The van der Waals surface area contributed by atoms with Crippen molar-refractivity contribution in [2.24, 2.45) is 28.6 Å². The van der Waals surface area contributed by atoms with Gasteiger partial charge in [-0.05, 0) is 61.2 Å². The number of hydrogen-bond donors (Lipinski definition) is 0. The van der Waals surface area contributed by atoms with E-state index in [9.17, 15) is 14.4 Å². The molecule has 3 saturated carbocycles. The predicted octanol–water partition coefficient (Wildman–Crippen LogP) is 3.80. The van der Waals surface area contributed by atoms with Crippen molar-refractivity contribution in [1.82, 2.24) is 0 Å². The Bertz CT molecular complexity index is 732. The second kappa shape index (κ2) is 5.90. The summed E-state index contributed by atoms with van der Waals surface area (Å²) in [5, 5.41) is 0. The highest BCUT2D eigenvalue weighted by atomic mass is 16.5. The summed E-state index contributed by atoms with van der Waals surface area (Å²) in [5.74, 6) is 1.28. The third-order valence-corrected chi connectivity index (χ3v) is 7.83. The quantitative estimate of drug-likeness (QED) is 0.706. The van der Waals surface area contributed by atoms with E-state index in [0.29, 0.717) is 36.4 Å². The van der Waals surface area contributed by atoms with Gasteiger partial charge in [-0.1, -0.05) is 26.8 Å². The molecule has 4 rings (SSSR count). The van der Waals surface area contributed by atoms with E-state index in [1.807, 2.05) is 6.08 Å². The highest BCUT2D eigenvalue weighted by molar-refractivity contribution is 6.01. The molecule has 0 amide bonds. The molecule has 0 unspecified atom stereocenters. The summed E-state index contributed by atoms with van der Waals surface area (Å²) in [7, 11) is 0. The molecule has 26 heavy (non-hydrogen) atoms. The lowest BCUT2D eigenvalue weighted by Crippen LogP contribution is -2.53. The maximum atomic E-state index is 12.6. The number of rotatable bonds is 2. The van der Waals surface area contributed by atoms with Crippen LogP contribution in [0, 0.1) is 28.6 Å². The Labute approximate surface area is 155 Å². The van der Waals surface area contributed by atoms with Crippen LogP contribution in [-0.2, 0) is 19.1 Å². The molecule has 0 aliphatic heterocycles. The lowest BCUT2D eigenvalue weighted by Gasteiger charge is -2.57. The van der Waals surface area contributed by atoms with Gasteiger partial charge in [-0.3, -0.25) is 14.4 Å². The molecule has 0 spiro atoms. The monoisotopic (exact) mass is 356 g/mol. The minimum atomic E-state index is -0.347. The maximum Gasteiger partial charge on any atom is 0.306 e. The lowest BCUT2D eigenvalue weighted by molar-refractivity contribution is -0.154. The zero-order valence-corrected chi connectivity index (χ0v) is 15.9. The average molecular weight is 356 g/mol. The summed E-state index contributed by atoms with van der Waals surface area (Å²) in [5.41, 5.74) is 0.482. The van der Waals surface area contributed by atoms with Crippen LogP contribution < -0.4 is 0 Å². The number of ketones is 2. The second-order valence-electron chi connectivity index (χ2n) is 8.98. The van der Waals surface area contributed by atoms with Crippen LogP contribution in [0.1, 0.15) is 59.3 Å². The molecule has 0 aromatic carbocycles. The standard InChI is InChI=1S/C22H28O4/c1-4-20(25)26-18-12-14-15-5-6-19(24)22(15,3)10-8-16(14)21(2)9-7-13(23)11-17(18)21/h7,9,11,14-16,18H,4-6,8,10,12H2,1-3H3/t14-,15-,16-,18+,21+,22-/m0/s1. The largest absolute Gasteiger partial charge is 0.458 e. The van der Waals surface area contributed by atoms with E-state index >= 15 is 0 Å². The van der Waals surface area contributed by atoms with Crippen molar-refractivity contribution in [1.29, 1.82) is 0 Å². The van der Waals surface area contributed by atoms with Gasteiger partial charge >= 0.3 is 5.97 Å². The molecule has 0 N–H and O–H groups in total. The molecule has 4 aliphatic rings. The molecule has 0 heterocycles. The first kappa shape index (κ1) is 17.7. The van der Waals surface area contributed by atoms with E-state index in [0.717, 1.165) is 31.3 Å². The van der Waals surface area contributed by atoms with Crippen LogP contribution in [0.2, 0.25) is 0 Å². The number of fused-ring (bicyclic) bond motifs is 5. The van der Waals surface area contributed by atoms with Crippen LogP contribution in [0.3, 0.4) is 0 Å². The molecule has 0 aromatic heterocycles. The van der Waals surface area contributed by atoms with Crippen LogP contribution in [0.15, 0.2) is 23.8 Å². The Morgan fingerprint density at radius 2 is 2.00 bits per heavy atom. The highest BCUT2D eigenvalue weighted by Gasteiger charge is 2.60. The number of allylic oxidation sites excluding steroid dienone is 3. The van der Waals surface area contributed by atoms with Crippen molar-refractivity contribution in [2.75, 3.05) is 0 Å². The molecular formula is C22H28O4. The van der Waals surface area contributed by atoms with E-state index in [4.69, 9.17) is 4.74 Å². The average Bonchev–Trinajstić information content (AvgIpc) is 2.91. The number of carbonyl (C=O) groups excluding carboxylic acids is 3. The van der Waals surface area contributed by atoms with Crippen LogP contribution in [0.4, 0.5) is 0 Å². The summed E-state index contributed by atoms with van der Waals surface area (Å²) in [6.07, 6.45) is 9.67. The van der Waals surface area contributed by atoms with E-state index < -0.39 is 0 Å². The normalized spacial score (nSPS) is 44.0. The van der Waals surface area contributed by atoms with Crippen LogP contribution in [0.5, 0.6) is 0 Å². The van der Waals surface area contributed by atoms with Crippen LogP contribution in [-0.4, -0.2) is 23.6 Å². The third kappa shape index (κ3) is 2.37. The van der Waals surface area contributed by atoms with E-state index in [1.54, 1.807) is 19.1 Å². The van der Waals surface area contributed by atoms with Gasteiger partial charge in [0.15, 0.2) is 5.78 Å². The summed E-state index contributed by atoms with van der Waals surface area (Å²) in [4.78, 5) is 36.6. The van der Waals surface area contributed by atoms with Gasteiger partial charge in [0, 0.05) is 23.7 Å². The van der Waals surface area contributed by atoms with Crippen LogP contribution >= 0.6 is 0 Å². The van der Waals surface area contributed by atoms with Crippen LogP contribution in [0.25, 0.3) is 0 Å². The molecule has 0 aromatic rings. The lowest BCUT2D eigenvalue weighted by atomic mass is 9.48. The first-order chi connectivity index (χ1) is 12.3. The zero-order chi connectivity index (χ0) is 18.7. The van der Waals surface area contributed by atoms with E-state index in [2.05, 4.69) is 13.8 Å². The smallest absolute Gasteiger partial charge is 0.306 e. The molecule has 6 atom stereocenters. The zero-order valence-electron chi connectivity index (χ0n) is 15.9. The first-order valence-corrected chi connectivity index (χ1v) is 9.97. The molecule has 0 saturated heterocycles. The Balaban J connectivity index is 1.74. The Kier molecular flexibility index (Phi) is 4.01. The minimum Gasteiger partial charge on any atom is -0.458 e. The van der Waals surface area contributed by atoms with Gasteiger partial charge in [-0.15, -0.1) is 0 Å². The predicted molar refractivity (Wildman–Crippen MR) is 97.2 cm³/mol. The van der Waals surface area contributed by atoms with Gasteiger partial charge in [-0.25, -0.2) is 0 Å². The van der Waals surface area contributed by atoms with Crippen molar-refractivity contribution in [3.8, 4) is 0 Å². The number of ether oxygens (including phenoxy) is 1. The summed E-state index contributed by atoms with van der Waals surface area (Å²) < 4.78 is 5.80. The number of esters is 1. The Morgan fingerprint density at radius 3 is 2.73 bits per heavy atom. The fourth-order valence-electron chi connectivity index (χ4n) is 6.35. The van der Waals surface area contributed by atoms with E-state index in [1.165, 1.54) is 0 Å². The Morgan fingerprint density at radius 1 is 1.23 bits per heavy atom. The van der Waals surface area contributed by atoms with E-state index in [-0.39, 0.29) is 28.7 Å². The summed E-state index contributed by atoms with van der Waals surface area (Å²) >= 11 is 0. The topological polar surface area (TPSA) is 60.4 Å². The number of hydrogen-bond acceptors (Lipinski definition) is 4. The second-order valence-corrected chi connectivity index (χ2v) is 8.98. The van der Waals surface area contributed by atoms with Gasteiger partial charge < -0.3 is 4.74 Å². The molecule has 140 valence electrons. The molecule has 4 nitrogen and oxygen atoms in total. The molecule has 4 heteroatoms. The molecule has 0 radical (unpaired) electrons. The van der Waals surface area contributed by atoms with Crippen molar-refractivity contribution in [3.63, 3.8) is 0 Å². The first-order valence-electron chi connectivity index (χ1n) is 9.97. The van der Waals surface area contributed by atoms with Gasteiger partial charge in [0.1, 0.15) is 11.9 Å². The van der Waals surface area contributed by atoms with Crippen molar-refractivity contribution in [3.05, 3.63) is 23.8 Å². The number of Topliss-reactive ketones (excluding diaryl/α,β-unsaturated/α-hetero) is 1. The fourth-order valence-corrected chi connectivity index (χ4v) is 6.35. The molecule has 3 fully saturated rings. The number of carbonyl (C=O) groups is 3. The highest BCUT2D eigenvalue weighted by Crippen LogP contribution is 2.63. The Hall–Kier alpha value is -1.71. The SMILES string of the molecule is CCC(=O)O[C@@H]1C[C@@H]2[C@H](CC[C@]3(C)C(=O)CC[C@@H]23)[C@@]2(C)C=CC(=O)C=C12.